The fourth-order valence-electron chi connectivity index (χ4n) is 2.70. The van der Waals surface area contributed by atoms with Crippen LogP contribution < -0.4 is 5.43 Å². The Bertz CT molecular complexity index is 1110. The lowest BCUT2D eigenvalue weighted by Gasteiger charge is -2.08. The molecule has 6 nitrogen and oxygen atoms in total. The van der Waals surface area contributed by atoms with Crippen molar-refractivity contribution >= 4 is 23.0 Å². The fraction of sp³-hybridized carbons (Fsp3) is 0. The predicted molar refractivity (Wildman–Crippen MR) is 104 cm³/mol. The maximum Gasteiger partial charge on any atom is 0.272 e. The van der Waals surface area contributed by atoms with Gasteiger partial charge in [-0.1, -0.05) is 24.3 Å². The summed E-state index contributed by atoms with van der Waals surface area (Å²) in [6.07, 6.45) is 8.32. The Labute approximate surface area is 155 Å². The highest BCUT2D eigenvalue weighted by Gasteiger charge is 2.13. The van der Waals surface area contributed by atoms with E-state index in [4.69, 9.17) is 0 Å². The zero-order valence-corrected chi connectivity index (χ0v) is 14.3. The summed E-state index contributed by atoms with van der Waals surface area (Å²) in [4.78, 5) is 25.5. The summed E-state index contributed by atoms with van der Waals surface area (Å²) in [7, 11) is 0. The van der Waals surface area contributed by atoms with Gasteiger partial charge in [0.05, 0.1) is 23.0 Å². The molecule has 27 heavy (non-hydrogen) atoms. The summed E-state index contributed by atoms with van der Waals surface area (Å²) >= 11 is 0. The maximum atomic E-state index is 12.7. The summed E-state index contributed by atoms with van der Waals surface area (Å²) in [5.41, 5.74) is 6.14. The Morgan fingerprint density at radius 1 is 0.963 bits per heavy atom. The number of hydrogen-bond acceptors (Lipinski definition) is 5. The molecule has 0 bridgehead atoms. The monoisotopic (exact) mass is 353 g/mol. The molecule has 3 aromatic heterocycles. The van der Waals surface area contributed by atoms with Gasteiger partial charge in [0.25, 0.3) is 5.91 Å². The normalized spacial score (nSPS) is 11.0. The van der Waals surface area contributed by atoms with E-state index >= 15 is 0 Å². The molecule has 6 heteroatoms. The highest BCUT2D eigenvalue weighted by molar-refractivity contribution is 6.07. The smallest absolute Gasteiger partial charge is 0.267 e. The molecule has 0 spiro atoms. The predicted octanol–water partition coefficient (Wildman–Crippen LogP) is 3.46. The molecule has 0 unspecified atom stereocenters. The molecule has 1 amide bonds. The number of nitrogens with one attached hydrogen (secondary N) is 1. The SMILES string of the molecule is O=C(NN=Cc1cccnc1)c1cc(-c2cccnc2)nc2ccccc12. The van der Waals surface area contributed by atoms with Crippen molar-refractivity contribution in [2.45, 2.75) is 0 Å². The molecule has 0 aliphatic carbocycles. The molecule has 0 saturated heterocycles. The number of nitrogens with zero attached hydrogens (tertiary/aromatic N) is 4. The first-order valence-electron chi connectivity index (χ1n) is 8.35. The van der Waals surface area contributed by atoms with Crippen LogP contribution in [-0.2, 0) is 0 Å². The average molecular weight is 353 g/mol. The van der Waals surface area contributed by atoms with E-state index in [1.807, 2.05) is 42.5 Å². The van der Waals surface area contributed by atoms with Crippen LogP contribution in [0.2, 0.25) is 0 Å². The lowest BCUT2D eigenvalue weighted by molar-refractivity contribution is 0.0956. The largest absolute Gasteiger partial charge is 0.272 e. The molecular formula is C21H15N5O. The van der Waals surface area contributed by atoms with E-state index in [0.29, 0.717) is 11.3 Å². The van der Waals surface area contributed by atoms with Crippen LogP contribution in [0, 0.1) is 0 Å². The minimum atomic E-state index is -0.307. The minimum Gasteiger partial charge on any atom is -0.267 e. The number of carbonyl (C=O) groups excluding carboxylic acids is 1. The second kappa shape index (κ2) is 7.53. The number of amides is 1. The van der Waals surface area contributed by atoms with Crippen molar-refractivity contribution in [1.29, 1.82) is 0 Å². The summed E-state index contributed by atoms with van der Waals surface area (Å²) in [5, 5.41) is 4.79. The summed E-state index contributed by atoms with van der Waals surface area (Å²) in [6.45, 7) is 0. The van der Waals surface area contributed by atoms with Gasteiger partial charge >= 0.3 is 0 Å². The van der Waals surface area contributed by atoms with Crippen LogP contribution in [0.5, 0.6) is 0 Å². The highest BCUT2D eigenvalue weighted by Crippen LogP contribution is 2.24. The number of para-hydroxylation sites is 1. The zero-order valence-electron chi connectivity index (χ0n) is 14.3. The lowest BCUT2D eigenvalue weighted by atomic mass is 10.0. The Balaban J connectivity index is 1.69. The van der Waals surface area contributed by atoms with Crippen molar-refractivity contribution < 1.29 is 4.79 Å². The molecule has 0 fully saturated rings. The molecule has 1 aromatic carbocycles. The van der Waals surface area contributed by atoms with Gasteiger partial charge in [0.1, 0.15) is 0 Å². The van der Waals surface area contributed by atoms with Gasteiger partial charge in [-0.15, -0.1) is 0 Å². The van der Waals surface area contributed by atoms with Crippen molar-refractivity contribution in [3.8, 4) is 11.3 Å². The first-order chi connectivity index (χ1) is 13.3. The molecule has 0 aliphatic rings. The quantitative estimate of drug-likeness (QED) is 0.450. The molecular weight excluding hydrogens is 338 g/mol. The van der Waals surface area contributed by atoms with Gasteiger partial charge in [-0.3, -0.25) is 14.8 Å². The van der Waals surface area contributed by atoms with Gasteiger partial charge in [-0.25, -0.2) is 10.4 Å². The Morgan fingerprint density at radius 3 is 2.56 bits per heavy atom. The van der Waals surface area contributed by atoms with E-state index in [1.165, 1.54) is 0 Å². The lowest BCUT2D eigenvalue weighted by Crippen LogP contribution is -2.18. The van der Waals surface area contributed by atoms with Crippen molar-refractivity contribution in [2.24, 2.45) is 5.10 Å². The standard InChI is InChI=1S/C21H15N5O/c27-21(26-24-13-15-5-3-9-22-12-15)18-11-20(16-6-4-10-23-14-16)25-19-8-2-1-7-17(18)19/h1-14H,(H,26,27). The molecule has 0 aliphatic heterocycles. The van der Waals surface area contributed by atoms with Crippen LogP contribution >= 0.6 is 0 Å². The van der Waals surface area contributed by atoms with E-state index in [2.05, 4.69) is 25.5 Å². The Morgan fingerprint density at radius 2 is 1.78 bits per heavy atom. The first kappa shape index (κ1) is 16.5. The van der Waals surface area contributed by atoms with Gasteiger partial charge in [-0.05, 0) is 30.3 Å². The van der Waals surface area contributed by atoms with E-state index in [1.54, 1.807) is 43.1 Å². The van der Waals surface area contributed by atoms with Crippen molar-refractivity contribution in [3.05, 3.63) is 90.5 Å². The van der Waals surface area contributed by atoms with Crippen LogP contribution in [-0.4, -0.2) is 27.1 Å². The number of aromatic nitrogens is 3. The highest BCUT2D eigenvalue weighted by atomic mass is 16.2. The summed E-state index contributed by atoms with van der Waals surface area (Å²) in [5.74, 6) is -0.307. The molecule has 0 radical (unpaired) electrons. The van der Waals surface area contributed by atoms with Crippen LogP contribution in [0.15, 0.2) is 84.5 Å². The molecule has 4 rings (SSSR count). The van der Waals surface area contributed by atoms with Crippen LogP contribution in [0.1, 0.15) is 15.9 Å². The molecule has 1 N–H and O–H groups in total. The number of hydrazone groups is 1. The van der Waals surface area contributed by atoms with E-state index < -0.39 is 0 Å². The van der Waals surface area contributed by atoms with Crippen LogP contribution in [0.3, 0.4) is 0 Å². The molecule has 0 saturated carbocycles. The van der Waals surface area contributed by atoms with Crippen molar-refractivity contribution in [1.82, 2.24) is 20.4 Å². The number of benzene rings is 1. The first-order valence-corrected chi connectivity index (χ1v) is 8.35. The molecule has 4 aromatic rings. The van der Waals surface area contributed by atoms with Crippen molar-refractivity contribution in [3.63, 3.8) is 0 Å². The van der Waals surface area contributed by atoms with Crippen LogP contribution in [0.4, 0.5) is 0 Å². The average Bonchev–Trinajstić information content (AvgIpc) is 2.74. The zero-order chi connectivity index (χ0) is 18.5. The fourth-order valence-corrected chi connectivity index (χ4v) is 2.70. The van der Waals surface area contributed by atoms with Gasteiger partial charge in [0.2, 0.25) is 0 Å². The van der Waals surface area contributed by atoms with Gasteiger partial charge in [0, 0.05) is 41.3 Å². The number of carbonyl (C=O) groups is 1. The van der Waals surface area contributed by atoms with Gasteiger partial charge in [0.15, 0.2) is 0 Å². The second-order valence-electron chi connectivity index (χ2n) is 5.80. The van der Waals surface area contributed by atoms with E-state index in [-0.39, 0.29) is 5.91 Å². The number of pyridine rings is 3. The third-order valence-corrected chi connectivity index (χ3v) is 3.98. The van der Waals surface area contributed by atoms with E-state index in [0.717, 1.165) is 22.0 Å². The van der Waals surface area contributed by atoms with E-state index in [9.17, 15) is 4.79 Å². The molecule has 3 heterocycles. The van der Waals surface area contributed by atoms with Crippen LogP contribution in [0.25, 0.3) is 22.2 Å². The van der Waals surface area contributed by atoms with Gasteiger partial charge < -0.3 is 0 Å². The topological polar surface area (TPSA) is 80.1 Å². The minimum absolute atomic E-state index is 0.307. The number of fused-ring (bicyclic) bond motifs is 1. The third kappa shape index (κ3) is 3.69. The number of hydrogen-bond donors (Lipinski definition) is 1. The second-order valence-corrected chi connectivity index (χ2v) is 5.80. The third-order valence-electron chi connectivity index (χ3n) is 3.98. The van der Waals surface area contributed by atoms with Gasteiger partial charge in [-0.2, -0.15) is 5.10 Å². The molecule has 130 valence electrons. The Hall–Kier alpha value is -3.93. The Kier molecular flexibility index (Phi) is 4.61. The van der Waals surface area contributed by atoms with Crippen molar-refractivity contribution in [2.75, 3.05) is 0 Å². The number of rotatable bonds is 4. The summed E-state index contributed by atoms with van der Waals surface area (Å²) < 4.78 is 0. The maximum absolute atomic E-state index is 12.7. The molecule has 0 atom stereocenters. The summed E-state index contributed by atoms with van der Waals surface area (Å²) in [6, 6.07) is 16.7.